The highest BCUT2D eigenvalue weighted by Gasteiger charge is 2.54. The Balaban J connectivity index is 1.47. The van der Waals surface area contributed by atoms with E-state index in [0.29, 0.717) is 11.9 Å². The van der Waals surface area contributed by atoms with Crippen LogP contribution in [0.5, 0.6) is 0 Å². The Labute approximate surface area is 120 Å². The first-order chi connectivity index (χ1) is 9.23. The van der Waals surface area contributed by atoms with Crippen LogP contribution in [0.4, 0.5) is 0 Å². The molecule has 1 saturated heterocycles. The van der Waals surface area contributed by atoms with Gasteiger partial charge >= 0.3 is 0 Å². The summed E-state index contributed by atoms with van der Waals surface area (Å²) in [5.41, 5.74) is 0.0549. The molecular weight excluding hydrogens is 254 g/mol. The highest BCUT2D eigenvalue weighted by Crippen LogP contribution is 2.60. The monoisotopic (exact) mass is 279 g/mol. The third-order valence-corrected chi connectivity index (χ3v) is 7.13. The molecule has 0 aromatic rings. The summed E-state index contributed by atoms with van der Waals surface area (Å²) in [6, 6.07) is 0.474. The Morgan fingerprint density at radius 1 is 0.947 bits per heavy atom. The van der Waals surface area contributed by atoms with Gasteiger partial charge in [-0.2, -0.15) is 11.8 Å². The van der Waals surface area contributed by atoms with Crippen LogP contribution in [0.15, 0.2) is 0 Å². The largest absolute Gasteiger partial charge is 0.353 e. The number of nitrogens with one attached hydrogen (secondary N) is 1. The lowest BCUT2D eigenvalue weighted by atomic mass is 9.49. The first-order valence-electron chi connectivity index (χ1n) is 8.12. The second-order valence-electron chi connectivity index (χ2n) is 7.56. The molecule has 2 nitrogen and oxygen atoms in total. The van der Waals surface area contributed by atoms with Crippen molar-refractivity contribution < 1.29 is 4.79 Å². The summed E-state index contributed by atoms with van der Waals surface area (Å²) >= 11 is 2.03. The first-order valence-corrected chi connectivity index (χ1v) is 9.28. The van der Waals surface area contributed by atoms with Crippen LogP contribution >= 0.6 is 11.8 Å². The molecule has 19 heavy (non-hydrogen) atoms. The second-order valence-corrected chi connectivity index (χ2v) is 8.78. The maximum absolute atomic E-state index is 12.8. The average molecular weight is 279 g/mol. The van der Waals surface area contributed by atoms with Crippen molar-refractivity contribution in [3.63, 3.8) is 0 Å². The quantitative estimate of drug-likeness (QED) is 0.841. The van der Waals surface area contributed by atoms with E-state index >= 15 is 0 Å². The number of rotatable bonds is 2. The predicted octanol–water partition coefficient (Wildman–Crippen LogP) is 3.21. The van der Waals surface area contributed by atoms with Crippen LogP contribution in [-0.4, -0.2) is 23.5 Å². The van der Waals surface area contributed by atoms with Crippen LogP contribution in [0, 0.1) is 23.2 Å². The molecule has 0 spiro atoms. The number of carbonyl (C=O) groups excluding carboxylic acids is 1. The summed E-state index contributed by atoms with van der Waals surface area (Å²) in [6.45, 7) is 0. The Morgan fingerprint density at radius 3 is 2.00 bits per heavy atom. The lowest BCUT2D eigenvalue weighted by molar-refractivity contribution is -0.147. The van der Waals surface area contributed by atoms with Crippen molar-refractivity contribution in [2.24, 2.45) is 23.2 Å². The fraction of sp³-hybridized carbons (Fsp3) is 0.938. The van der Waals surface area contributed by atoms with Gasteiger partial charge in [0.1, 0.15) is 0 Å². The molecule has 4 aliphatic carbocycles. The van der Waals surface area contributed by atoms with Crippen molar-refractivity contribution in [3.05, 3.63) is 0 Å². The lowest BCUT2D eigenvalue weighted by Crippen LogP contribution is -2.55. The van der Waals surface area contributed by atoms with Crippen LogP contribution in [0.1, 0.15) is 51.4 Å². The van der Waals surface area contributed by atoms with E-state index in [2.05, 4.69) is 5.32 Å². The maximum Gasteiger partial charge on any atom is 0.226 e. The van der Waals surface area contributed by atoms with E-state index in [0.717, 1.165) is 17.8 Å². The summed E-state index contributed by atoms with van der Waals surface area (Å²) in [7, 11) is 0. The maximum atomic E-state index is 12.8. The summed E-state index contributed by atoms with van der Waals surface area (Å²) in [5, 5.41) is 3.42. The van der Waals surface area contributed by atoms with Crippen molar-refractivity contribution in [1.82, 2.24) is 5.32 Å². The van der Waals surface area contributed by atoms with Gasteiger partial charge in [-0.3, -0.25) is 4.79 Å². The lowest BCUT2D eigenvalue weighted by Gasteiger charge is -2.56. The Morgan fingerprint density at radius 2 is 1.47 bits per heavy atom. The minimum atomic E-state index is 0.0549. The van der Waals surface area contributed by atoms with Gasteiger partial charge in [-0.15, -0.1) is 0 Å². The molecule has 1 amide bonds. The fourth-order valence-electron chi connectivity index (χ4n) is 5.57. The SMILES string of the molecule is O=C(NC1CCSCC1)C12CC3CC(CC(C3)C1)C2. The van der Waals surface area contributed by atoms with Gasteiger partial charge in [0, 0.05) is 11.5 Å². The third-order valence-electron chi connectivity index (χ3n) is 6.08. The van der Waals surface area contributed by atoms with Gasteiger partial charge in [0.25, 0.3) is 0 Å². The van der Waals surface area contributed by atoms with Gasteiger partial charge in [0.05, 0.1) is 0 Å². The van der Waals surface area contributed by atoms with Crippen LogP contribution in [0.2, 0.25) is 0 Å². The molecule has 5 rings (SSSR count). The highest BCUT2D eigenvalue weighted by molar-refractivity contribution is 7.99. The number of thioether (sulfide) groups is 1. The molecule has 5 aliphatic rings. The summed E-state index contributed by atoms with van der Waals surface area (Å²) in [5.74, 6) is 5.51. The molecule has 1 aliphatic heterocycles. The molecule has 0 radical (unpaired) electrons. The van der Waals surface area contributed by atoms with E-state index in [-0.39, 0.29) is 5.41 Å². The molecule has 0 aromatic heterocycles. The van der Waals surface area contributed by atoms with E-state index in [4.69, 9.17) is 0 Å². The standard InChI is InChI=1S/C16H25NOS/c18-15(17-14-1-3-19-4-2-14)16-8-11-5-12(9-16)7-13(6-11)10-16/h11-14H,1-10H2,(H,17,18). The smallest absolute Gasteiger partial charge is 0.226 e. The van der Waals surface area contributed by atoms with E-state index < -0.39 is 0 Å². The zero-order valence-corrected chi connectivity index (χ0v) is 12.5. The minimum absolute atomic E-state index is 0.0549. The van der Waals surface area contributed by atoms with E-state index in [1.807, 2.05) is 11.8 Å². The predicted molar refractivity (Wildman–Crippen MR) is 79.1 cm³/mol. The Kier molecular flexibility index (Phi) is 3.09. The topological polar surface area (TPSA) is 29.1 Å². The molecule has 5 fully saturated rings. The fourth-order valence-corrected chi connectivity index (χ4v) is 6.68. The van der Waals surface area contributed by atoms with Crippen LogP contribution in [0.25, 0.3) is 0 Å². The Hall–Kier alpha value is -0.180. The number of hydrogen-bond acceptors (Lipinski definition) is 2. The normalized spacial score (nSPS) is 45.4. The average Bonchev–Trinajstić information content (AvgIpc) is 2.38. The minimum Gasteiger partial charge on any atom is -0.353 e. The zero-order chi connectivity index (χ0) is 12.9. The van der Waals surface area contributed by atoms with E-state index in [1.54, 1.807) is 0 Å². The number of hydrogen-bond donors (Lipinski definition) is 1. The molecule has 4 saturated carbocycles. The van der Waals surface area contributed by atoms with Crippen LogP contribution in [-0.2, 0) is 4.79 Å². The van der Waals surface area contributed by atoms with Crippen molar-refractivity contribution >= 4 is 17.7 Å². The molecule has 0 aromatic carbocycles. The number of amides is 1. The summed E-state index contributed by atoms with van der Waals surface area (Å²) < 4.78 is 0. The third kappa shape index (κ3) is 2.22. The molecule has 0 unspecified atom stereocenters. The van der Waals surface area contributed by atoms with Gasteiger partial charge in [-0.05, 0) is 80.6 Å². The van der Waals surface area contributed by atoms with Crippen molar-refractivity contribution in [3.8, 4) is 0 Å². The van der Waals surface area contributed by atoms with E-state index in [1.165, 1.54) is 62.9 Å². The van der Waals surface area contributed by atoms with Gasteiger partial charge < -0.3 is 5.32 Å². The molecule has 1 N–H and O–H groups in total. The second kappa shape index (κ2) is 4.68. The van der Waals surface area contributed by atoms with Crippen molar-refractivity contribution in [2.75, 3.05) is 11.5 Å². The number of carbonyl (C=O) groups is 1. The van der Waals surface area contributed by atoms with E-state index in [9.17, 15) is 4.79 Å². The van der Waals surface area contributed by atoms with Crippen molar-refractivity contribution in [1.29, 1.82) is 0 Å². The summed E-state index contributed by atoms with van der Waals surface area (Å²) in [4.78, 5) is 12.8. The van der Waals surface area contributed by atoms with Gasteiger partial charge in [-0.1, -0.05) is 0 Å². The molecule has 106 valence electrons. The highest BCUT2D eigenvalue weighted by atomic mass is 32.2. The van der Waals surface area contributed by atoms with Gasteiger partial charge in [-0.25, -0.2) is 0 Å². The van der Waals surface area contributed by atoms with Gasteiger partial charge in [0.15, 0.2) is 0 Å². The van der Waals surface area contributed by atoms with Crippen LogP contribution in [0.3, 0.4) is 0 Å². The summed E-state index contributed by atoms with van der Waals surface area (Å²) in [6.07, 6.45) is 10.2. The molecule has 4 bridgehead atoms. The molecule has 0 atom stereocenters. The molecular formula is C16H25NOS. The Bertz CT molecular complexity index is 340. The molecule has 1 heterocycles. The van der Waals surface area contributed by atoms with Crippen LogP contribution < -0.4 is 5.32 Å². The molecule has 3 heteroatoms. The first kappa shape index (κ1) is 12.6. The van der Waals surface area contributed by atoms with Crippen molar-refractivity contribution in [2.45, 2.75) is 57.4 Å². The zero-order valence-electron chi connectivity index (χ0n) is 11.7. The van der Waals surface area contributed by atoms with Gasteiger partial charge in [0.2, 0.25) is 5.91 Å².